The summed E-state index contributed by atoms with van der Waals surface area (Å²) in [6, 6.07) is 1.55. The fourth-order valence-corrected chi connectivity index (χ4v) is 1.08. The molecule has 0 aliphatic heterocycles. The van der Waals surface area contributed by atoms with E-state index >= 15 is 0 Å². The second kappa shape index (κ2) is 2.91. The minimum absolute atomic E-state index is 0.351. The van der Waals surface area contributed by atoms with E-state index in [-0.39, 0.29) is 0 Å². The number of carboxylic acid groups (broad SMARTS) is 1. The molecule has 2 N–H and O–H groups in total. The Bertz CT molecular complexity index is 561. The molecule has 2 rings (SSSR count). The normalized spacial score (nSPS) is 10.3. The minimum Gasteiger partial charge on any atom is -0.476 e. The van der Waals surface area contributed by atoms with Gasteiger partial charge in [0.2, 0.25) is 5.69 Å². The standard InChI is InChI=1S/C8H5N3O3/c12-7-6(8(13)14)10-5-3-9-2-1-4(5)11-7/h1-3H,(H,11,12)(H,13,14). The van der Waals surface area contributed by atoms with Gasteiger partial charge >= 0.3 is 5.97 Å². The number of nitrogens with zero attached hydrogens (tertiary/aromatic N) is 2. The lowest BCUT2D eigenvalue weighted by Crippen LogP contribution is -2.19. The Kier molecular flexibility index (Phi) is 1.74. The van der Waals surface area contributed by atoms with Crippen LogP contribution < -0.4 is 5.56 Å². The van der Waals surface area contributed by atoms with Crippen LogP contribution >= 0.6 is 0 Å². The van der Waals surface area contributed by atoms with E-state index in [9.17, 15) is 9.59 Å². The zero-order valence-corrected chi connectivity index (χ0v) is 6.89. The van der Waals surface area contributed by atoms with Crippen LogP contribution in [0.2, 0.25) is 0 Å². The van der Waals surface area contributed by atoms with Crippen molar-refractivity contribution in [2.45, 2.75) is 0 Å². The Morgan fingerprint density at radius 2 is 2.29 bits per heavy atom. The average Bonchev–Trinajstić information content (AvgIpc) is 2.16. The van der Waals surface area contributed by atoms with Crippen LogP contribution in [0.25, 0.3) is 11.0 Å². The number of carboxylic acids is 1. The van der Waals surface area contributed by atoms with E-state index in [1.54, 1.807) is 6.07 Å². The van der Waals surface area contributed by atoms with Gasteiger partial charge in [-0.05, 0) is 6.07 Å². The highest BCUT2D eigenvalue weighted by Gasteiger charge is 2.11. The first kappa shape index (κ1) is 8.36. The number of hydrogen-bond donors (Lipinski definition) is 2. The highest BCUT2D eigenvalue weighted by atomic mass is 16.4. The summed E-state index contributed by atoms with van der Waals surface area (Å²) >= 11 is 0. The lowest BCUT2D eigenvalue weighted by Gasteiger charge is -1.96. The van der Waals surface area contributed by atoms with E-state index in [1.165, 1.54) is 12.4 Å². The molecule has 14 heavy (non-hydrogen) atoms. The lowest BCUT2D eigenvalue weighted by molar-refractivity contribution is 0.0689. The van der Waals surface area contributed by atoms with Crippen LogP contribution in [-0.2, 0) is 0 Å². The molecule has 0 atom stereocenters. The molecular weight excluding hydrogens is 186 g/mol. The van der Waals surface area contributed by atoms with E-state index < -0.39 is 17.2 Å². The van der Waals surface area contributed by atoms with Gasteiger partial charge in [0, 0.05) is 6.20 Å². The van der Waals surface area contributed by atoms with E-state index in [2.05, 4.69) is 15.0 Å². The number of nitrogens with one attached hydrogen (secondary N) is 1. The van der Waals surface area contributed by atoms with Crippen LogP contribution in [-0.4, -0.2) is 26.0 Å². The Labute approximate surface area is 77.3 Å². The van der Waals surface area contributed by atoms with Gasteiger partial charge in [0.05, 0.1) is 11.7 Å². The molecule has 0 spiro atoms. The molecule has 0 aliphatic carbocycles. The van der Waals surface area contributed by atoms with Gasteiger partial charge in [0.15, 0.2) is 0 Å². The number of aromatic carboxylic acids is 1. The second-order valence-electron chi connectivity index (χ2n) is 2.61. The topological polar surface area (TPSA) is 95.9 Å². The van der Waals surface area contributed by atoms with Gasteiger partial charge in [-0.15, -0.1) is 0 Å². The molecule has 0 unspecified atom stereocenters. The van der Waals surface area contributed by atoms with Crippen molar-refractivity contribution in [1.29, 1.82) is 0 Å². The second-order valence-corrected chi connectivity index (χ2v) is 2.61. The Hall–Kier alpha value is -2.24. The fraction of sp³-hybridized carbons (Fsp3) is 0. The maximum absolute atomic E-state index is 11.2. The molecule has 0 aromatic carbocycles. The minimum atomic E-state index is -1.35. The predicted octanol–water partition coefficient (Wildman–Crippen LogP) is 0.0163. The quantitative estimate of drug-likeness (QED) is 0.662. The smallest absolute Gasteiger partial charge is 0.360 e. The number of aromatic amines is 1. The molecule has 6 nitrogen and oxygen atoms in total. The number of aromatic nitrogens is 3. The third-order valence-electron chi connectivity index (χ3n) is 1.70. The molecule has 2 heterocycles. The van der Waals surface area contributed by atoms with Gasteiger partial charge in [0.1, 0.15) is 5.52 Å². The van der Waals surface area contributed by atoms with Crippen molar-refractivity contribution in [2.75, 3.05) is 0 Å². The highest BCUT2D eigenvalue weighted by Crippen LogP contribution is 2.03. The summed E-state index contributed by atoms with van der Waals surface area (Å²) in [6.07, 6.45) is 2.87. The third kappa shape index (κ3) is 1.22. The van der Waals surface area contributed by atoms with Crippen LogP contribution in [0, 0.1) is 0 Å². The predicted molar refractivity (Wildman–Crippen MR) is 47.1 cm³/mol. The van der Waals surface area contributed by atoms with Crippen molar-refractivity contribution in [1.82, 2.24) is 15.0 Å². The zero-order chi connectivity index (χ0) is 10.1. The molecule has 0 amide bonds. The molecule has 2 aromatic heterocycles. The van der Waals surface area contributed by atoms with Gasteiger partial charge in [-0.1, -0.05) is 0 Å². The summed E-state index contributed by atoms with van der Waals surface area (Å²) in [6.45, 7) is 0. The van der Waals surface area contributed by atoms with Crippen molar-refractivity contribution in [2.24, 2.45) is 0 Å². The average molecular weight is 191 g/mol. The summed E-state index contributed by atoms with van der Waals surface area (Å²) in [5.74, 6) is -1.35. The molecule has 70 valence electrons. The summed E-state index contributed by atoms with van der Waals surface area (Å²) in [5, 5.41) is 8.62. The molecule has 0 fully saturated rings. The van der Waals surface area contributed by atoms with E-state index in [0.29, 0.717) is 11.0 Å². The molecule has 0 bridgehead atoms. The number of fused-ring (bicyclic) bond motifs is 1. The monoisotopic (exact) mass is 191 g/mol. The molecule has 6 heteroatoms. The van der Waals surface area contributed by atoms with Crippen LogP contribution in [0.3, 0.4) is 0 Å². The number of carbonyl (C=O) groups is 1. The third-order valence-corrected chi connectivity index (χ3v) is 1.70. The Morgan fingerprint density at radius 1 is 1.50 bits per heavy atom. The van der Waals surface area contributed by atoms with Gasteiger partial charge < -0.3 is 10.1 Å². The highest BCUT2D eigenvalue weighted by molar-refractivity contribution is 5.87. The first-order chi connectivity index (χ1) is 6.68. The van der Waals surface area contributed by atoms with Crippen molar-refractivity contribution in [3.05, 3.63) is 34.5 Å². The van der Waals surface area contributed by atoms with Gasteiger partial charge in [-0.3, -0.25) is 9.78 Å². The molecular formula is C8H5N3O3. The van der Waals surface area contributed by atoms with Crippen molar-refractivity contribution < 1.29 is 9.90 Å². The summed E-state index contributed by atoms with van der Waals surface area (Å²) in [7, 11) is 0. The maximum atomic E-state index is 11.2. The molecule has 0 saturated carbocycles. The molecule has 0 radical (unpaired) electrons. The number of hydrogen-bond acceptors (Lipinski definition) is 4. The maximum Gasteiger partial charge on any atom is 0.360 e. The largest absolute Gasteiger partial charge is 0.476 e. The number of H-pyrrole nitrogens is 1. The van der Waals surface area contributed by atoms with Crippen molar-refractivity contribution >= 4 is 17.0 Å². The number of pyridine rings is 1. The van der Waals surface area contributed by atoms with Crippen molar-refractivity contribution in [3.63, 3.8) is 0 Å². The molecule has 0 saturated heterocycles. The summed E-state index contributed by atoms with van der Waals surface area (Å²) in [5.41, 5.74) is -0.416. The first-order valence-corrected chi connectivity index (χ1v) is 3.76. The van der Waals surface area contributed by atoms with Gasteiger partial charge in [-0.2, -0.15) is 0 Å². The summed E-state index contributed by atoms with van der Waals surface area (Å²) < 4.78 is 0. The Balaban J connectivity index is 2.84. The Morgan fingerprint density at radius 3 is 3.00 bits per heavy atom. The lowest BCUT2D eigenvalue weighted by atomic mass is 10.3. The number of rotatable bonds is 1. The first-order valence-electron chi connectivity index (χ1n) is 3.76. The van der Waals surface area contributed by atoms with Crippen LogP contribution in [0.4, 0.5) is 0 Å². The summed E-state index contributed by atoms with van der Waals surface area (Å²) in [4.78, 5) is 31.6. The fourth-order valence-electron chi connectivity index (χ4n) is 1.08. The SMILES string of the molecule is O=C(O)c1nc2cnccc2[nH]c1=O. The van der Waals surface area contributed by atoms with E-state index in [0.717, 1.165) is 0 Å². The van der Waals surface area contributed by atoms with Gasteiger partial charge in [-0.25, -0.2) is 9.78 Å². The zero-order valence-electron chi connectivity index (χ0n) is 6.89. The van der Waals surface area contributed by atoms with Crippen molar-refractivity contribution in [3.8, 4) is 0 Å². The van der Waals surface area contributed by atoms with Crippen LogP contribution in [0.5, 0.6) is 0 Å². The van der Waals surface area contributed by atoms with E-state index in [1.807, 2.05) is 0 Å². The molecule has 2 aromatic rings. The van der Waals surface area contributed by atoms with Crippen LogP contribution in [0.1, 0.15) is 10.5 Å². The molecule has 0 aliphatic rings. The van der Waals surface area contributed by atoms with Gasteiger partial charge in [0.25, 0.3) is 5.56 Å². The van der Waals surface area contributed by atoms with Crippen LogP contribution in [0.15, 0.2) is 23.3 Å². The van der Waals surface area contributed by atoms with E-state index in [4.69, 9.17) is 5.11 Å².